The van der Waals surface area contributed by atoms with E-state index >= 15 is 0 Å². The number of hydrogen-bond donors (Lipinski definition) is 0. The van der Waals surface area contributed by atoms with Crippen molar-refractivity contribution in [2.24, 2.45) is 0 Å². The Hall–Kier alpha value is -2.05. The average molecular weight is 273 g/mol. The molecule has 0 unspecified atom stereocenters. The van der Waals surface area contributed by atoms with Crippen LogP contribution in [0.5, 0.6) is 0 Å². The maximum Gasteiger partial charge on any atom is 0.187 e. The van der Waals surface area contributed by atoms with Crippen LogP contribution in [0.2, 0.25) is 0 Å². The Balaban J connectivity index is 2.53. The molecule has 0 saturated carbocycles. The average Bonchev–Trinajstić information content (AvgIpc) is 2.73. The van der Waals surface area contributed by atoms with Crippen molar-refractivity contribution in [3.63, 3.8) is 0 Å². The summed E-state index contributed by atoms with van der Waals surface area (Å²) >= 11 is 5.61. The number of ketones is 1. The van der Waals surface area contributed by atoms with Crippen molar-refractivity contribution in [3.05, 3.63) is 58.7 Å². The van der Waals surface area contributed by atoms with E-state index in [1.165, 1.54) is 0 Å². The van der Waals surface area contributed by atoms with Gasteiger partial charge in [-0.1, -0.05) is 12.1 Å². The van der Waals surface area contributed by atoms with Crippen molar-refractivity contribution in [3.8, 4) is 5.69 Å². The predicted molar refractivity (Wildman–Crippen MR) is 76.6 cm³/mol. The van der Waals surface area contributed by atoms with Gasteiger partial charge in [-0.25, -0.2) is 4.85 Å². The van der Waals surface area contributed by atoms with Gasteiger partial charge >= 0.3 is 0 Å². The summed E-state index contributed by atoms with van der Waals surface area (Å²) in [6.07, 6.45) is 0. The first-order valence-electron chi connectivity index (χ1n) is 5.84. The summed E-state index contributed by atoms with van der Waals surface area (Å²) in [6.45, 7) is 10.8. The van der Waals surface area contributed by atoms with E-state index < -0.39 is 0 Å². The van der Waals surface area contributed by atoms with Crippen LogP contribution >= 0.6 is 11.6 Å². The number of alkyl halides is 1. The molecule has 0 bridgehead atoms. The molecule has 1 aromatic heterocycles. The zero-order valence-electron chi connectivity index (χ0n) is 10.8. The van der Waals surface area contributed by atoms with E-state index in [2.05, 4.69) is 4.85 Å². The zero-order valence-corrected chi connectivity index (χ0v) is 11.5. The molecule has 0 radical (unpaired) electrons. The minimum atomic E-state index is -0.0706. The summed E-state index contributed by atoms with van der Waals surface area (Å²) in [7, 11) is 0. The SMILES string of the molecule is [C-]#[N+]c1ccc(-n2c(C)cc(C(=O)CCl)c2C)cc1. The summed E-state index contributed by atoms with van der Waals surface area (Å²) in [6, 6.07) is 9.14. The zero-order chi connectivity index (χ0) is 14.0. The monoisotopic (exact) mass is 272 g/mol. The van der Waals surface area contributed by atoms with E-state index in [4.69, 9.17) is 18.2 Å². The summed E-state index contributed by atoms with van der Waals surface area (Å²) in [5.74, 6) is -0.0835. The van der Waals surface area contributed by atoms with Gasteiger partial charge in [0.1, 0.15) is 0 Å². The van der Waals surface area contributed by atoms with Crippen LogP contribution in [0, 0.1) is 20.4 Å². The Morgan fingerprint density at radius 1 is 1.32 bits per heavy atom. The highest BCUT2D eigenvalue weighted by Crippen LogP contribution is 2.23. The van der Waals surface area contributed by atoms with E-state index in [-0.39, 0.29) is 11.7 Å². The maximum atomic E-state index is 11.7. The van der Waals surface area contributed by atoms with Crippen molar-refractivity contribution in [2.75, 3.05) is 5.88 Å². The van der Waals surface area contributed by atoms with Gasteiger partial charge in [0.2, 0.25) is 0 Å². The minimum Gasteiger partial charge on any atom is -0.318 e. The largest absolute Gasteiger partial charge is 0.318 e. The topological polar surface area (TPSA) is 26.4 Å². The first kappa shape index (κ1) is 13.4. The summed E-state index contributed by atoms with van der Waals surface area (Å²) in [5.41, 5.74) is 4.04. The van der Waals surface area contributed by atoms with Crippen LogP contribution in [0.4, 0.5) is 5.69 Å². The fourth-order valence-corrected chi connectivity index (χ4v) is 2.33. The molecule has 0 N–H and O–H groups in total. The third-order valence-corrected chi connectivity index (χ3v) is 3.33. The number of Topliss-reactive ketones (excluding diaryl/α,β-unsaturated/α-hetero) is 1. The van der Waals surface area contributed by atoms with Crippen LogP contribution in [0.25, 0.3) is 10.5 Å². The van der Waals surface area contributed by atoms with Crippen LogP contribution in [-0.2, 0) is 0 Å². The number of carbonyl (C=O) groups is 1. The fraction of sp³-hybridized carbons (Fsp3) is 0.200. The summed E-state index contributed by atoms with van der Waals surface area (Å²) < 4.78 is 1.99. The van der Waals surface area contributed by atoms with Crippen molar-refractivity contribution in [1.29, 1.82) is 0 Å². The highest BCUT2D eigenvalue weighted by atomic mass is 35.5. The molecule has 0 atom stereocenters. The standard InChI is InChI=1S/C15H13ClN2O/c1-10-8-14(15(19)9-16)11(2)18(10)13-6-4-12(17-3)5-7-13/h4-8H,9H2,1-2H3. The van der Waals surface area contributed by atoms with Crippen molar-refractivity contribution >= 4 is 23.1 Å². The molecule has 0 aliphatic carbocycles. The molecule has 1 heterocycles. The molecule has 0 amide bonds. The lowest BCUT2D eigenvalue weighted by Crippen LogP contribution is -2.04. The first-order chi connectivity index (χ1) is 9.08. The van der Waals surface area contributed by atoms with Crippen LogP contribution < -0.4 is 0 Å². The van der Waals surface area contributed by atoms with Gasteiger partial charge in [0.15, 0.2) is 11.5 Å². The van der Waals surface area contributed by atoms with Gasteiger partial charge in [-0.3, -0.25) is 4.79 Å². The molecule has 0 saturated heterocycles. The highest BCUT2D eigenvalue weighted by molar-refractivity contribution is 6.30. The lowest BCUT2D eigenvalue weighted by Gasteiger charge is -2.09. The van der Waals surface area contributed by atoms with Gasteiger partial charge in [0, 0.05) is 22.6 Å². The smallest absolute Gasteiger partial charge is 0.187 e. The van der Waals surface area contributed by atoms with Crippen LogP contribution in [0.1, 0.15) is 21.7 Å². The number of hydrogen-bond acceptors (Lipinski definition) is 1. The minimum absolute atomic E-state index is 0.0129. The molecule has 96 valence electrons. The van der Waals surface area contributed by atoms with Crippen molar-refractivity contribution in [2.45, 2.75) is 13.8 Å². The quantitative estimate of drug-likeness (QED) is 0.470. The van der Waals surface area contributed by atoms with Gasteiger partial charge < -0.3 is 4.57 Å². The molecule has 0 aliphatic rings. The molecule has 2 rings (SSSR count). The fourth-order valence-electron chi connectivity index (χ4n) is 2.19. The third-order valence-electron chi connectivity index (χ3n) is 3.09. The molecular weight excluding hydrogens is 260 g/mol. The Morgan fingerprint density at radius 2 is 1.95 bits per heavy atom. The van der Waals surface area contributed by atoms with Crippen molar-refractivity contribution in [1.82, 2.24) is 4.57 Å². The van der Waals surface area contributed by atoms with E-state index in [0.717, 1.165) is 17.1 Å². The molecule has 4 heteroatoms. The van der Waals surface area contributed by atoms with Crippen LogP contribution in [0.15, 0.2) is 30.3 Å². The predicted octanol–water partition coefficient (Wildman–Crippen LogP) is 4.07. The van der Waals surface area contributed by atoms with Crippen LogP contribution in [-0.4, -0.2) is 16.2 Å². The van der Waals surface area contributed by atoms with Crippen molar-refractivity contribution < 1.29 is 4.79 Å². The number of carbonyl (C=O) groups excluding carboxylic acids is 1. The van der Waals surface area contributed by atoms with Gasteiger partial charge in [0.25, 0.3) is 0 Å². The van der Waals surface area contributed by atoms with E-state index in [9.17, 15) is 4.79 Å². The number of nitrogens with zero attached hydrogens (tertiary/aromatic N) is 2. The van der Waals surface area contributed by atoms with E-state index in [1.807, 2.05) is 36.6 Å². The summed E-state index contributed by atoms with van der Waals surface area (Å²) in [4.78, 5) is 15.1. The second kappa shape index (κ2) is 5.29. The Kier molecular flexibility index (Phi) is 3.73. The number of halogens is 1. The Morgan fingerprint density at radius 3 is 2.47 bits per heavy atom. The summed E-state index contributed by atoms with van der Waals surface area (Å²) in [5, 5.41) is 0. The van der Waals surface area contributed by atoms with Crippen LogP contribution in [0.3, 0.4) is 0 Å². The molecule has 19 heavy (non-hydrogen) atoms. The van der Waals surface area contributed by atoms with E-state index in [1.54, 1.807) is 12.1 Å². The number of benzene rings is 1. The lowest BCUT2D eigenvalue weighted by atomic mass is 10.2. The normalized spacial score (nSPS) is 10.2. The Labute approximate surface area is 117 Å². The second-order valence-corrected chi connectivity index (χ2v) is 4.57. The number of aryl methyl sites for hydroxylation is 1. The molecule has 0 aliphatic heterocycles. The molecule has 3 nitrogen and oxygen atoms in total. The molecular formula is C15H13ClN2O. The Bertz CT molecular complexity index is 663. The lowest BCUT2D eigenvalue weighted by molar-refractivity contribution is 0.102. The van der Waals surface area contributed by atoms with Gasteiger partial charge in [0.05, 0.1) is 12.5 Å². The molecule has 2 aromatic rings. The molecule has 0 spiro atoms. The van der Waals surface area contributed by atoms with Gasteiger partial charge in [-0.05, 0) is 32.0 Å². The molecule has 1 aromatic carbocycles. The molecule has 0 fully saturated rings. The third kappa shape index (κ3) is 2.40. The van der Waals surface area contributed by atoms with E-state index in [0.29, 0.717) is 11.3 Å². The number of aromatic nitrogens is 1. The van der Waals surface area contributed by atoms with Gasteiger partial charge in [-0.2, -0.15) is 0 Å². The maximum absolute atomic E-state index is 11.7. The first-order valence-corrected chi connectivity index (χ1v) is 6.38. The number of rotatable bonds is 3. The second-order valence-electron chi connectivity index (χ2n) is 4.31. The van der Waals surface area contributed by atoms with Gasteiger partial charge in [-0.15, -0.1) is 11.6 Å². The highest BCUT2D eigenvalue weighted by Gasteiger charge is 2.15.